The third-order valence-electron chi connectivity index (χ3n) is 4.04. The van der Waals surface area contributed by atoms with E-state index in [0.717, 1.165) is 0 Å². The normalized spacial score (nSPS) is 14.2. The summed E-state index contributed by atoms with van der Waals surface area (Å²) in [4.78, 5) is 10.9. The zero-order valence-electron chi connectivity index (χ0n) is 15.5. The van der Waals surface area contributed by atoms with Gasteiger partial charge in [-0.25, -0.2) is 9.18 Å². The maximum atomic E-state index is 14.6. The van der Waals surface area contributed by atoms with Crippen LogP contribution in [0.5, 0.6) is 5.75 Å². The summed E-state index contributed by atoms with van der Waals surface area (Å²) in [5.41, 5.74) is -5.08. The van der Waals surface area contributed by atoms with Crippen molar-refractivity contribution in [1.29, 1.82) is 0 Å². The minimum absolute atomic E-state index is 0.00275. The molecule has 2 rings (SSSR count). The van der Waals surface area contributed by atoms with E-state index in [4.69, 9.17) is 16.7 Å². The van der Waals surface area contributed by atoms with Crippen molar-refractivity contribution in [2.24, 2.45) is 0 Å². The molecule has 0 aliphatic carbocycles. The second kappa shape index (κ2) is 9.12. The molecule has 2 aromatic rings. The van der Waals surface area contributed by atoms with Gasteiger partial charge in [0, 0.05) is 5.56 Å². The van der Waals surface area contributed by atoms with E-state index in [-0.39, 0.29) is 18.2 Å². The van der Waals surface area contributed by atoms with Gasteiger partial charge < -0.3 is 9.84 Å². The minimum Gasteiger partial charge on any atom is -0.478 e. The summed E-state index contributed by atoms with van der Waals surface area (Å²) >= 11 is 5.47. The number of halogens is 11. The molecular weight excluding hydrogens is 502 g/mol. The Bertz CT molecular complexity index is 1070. The molecule has 0 aliphatic heterocycles. The molecule has 0 amide bonds. The van der Waals surface area contributed by atoms with E-state index in [1.165, 1.54) is 0 Å². The summed E-state index contributed by atoms with van der Waals surface area (Å²) in [7, 11) is 0. The number of ether oxygens (including phenoxy) is 1. The Morgan fingerprint density at radius 2 is 1.58 bits per heavy atom. The standard InChI is InChI=1S/C19H9ClF10O3/c20-13-4-2-8(6-15(13)33-19(28,29)30)11(17(22,23)24)7-14(21)9-1-3-10(16(31)32)12(5-9)18(25,26)27/h1-7,11H,(H,31,32). The Morgan fingerprint density at radius 1 is 0.970 bits per heavy atom. The van der Waals surface area contributed by atoms with E-state index in [2.05, 4.69) is 4.74 Å². The van der Waals surface area contributed by atoms with Gasteiger partial charge >= 0.3 is 24.7 Å². The third-order valence-corrected chi connectivity index (χ3v) is 4.35. The summed E-state index contributed by atoms with van der Waals surface area (Å²) in [6, 6.07) is 2.38. The fourth-order valence-electron chi connectivity index (χ4n) is 2.65. The second-order valence-corrected chi connectivity index (χ2v) is 6.74. The highest BCUT2D eigenvalue weighted by molar-refractivity contribution is 6.32. The number of allylic oxidation sites excluding steroid dienone is 1. The largest absolute Gasteiger partial charge is 0.573 e. The molecular formula is C19H9ClF10O3. The Hall–Kier alpha value is -2.96. The summed E-state index contributed by atoms with van der Waals surface area (Å²) in [6.07, 6.45) is -16.0. The lowest BCUT2D eigenvalue weighted by Crippen LogP contribution is -2.20. The van der Waals surface area contributed by atoms with Gasteiger partial charge in [-0.15, -0.1) is 13.2 Å². The van der Waals surface area contributed by atoms with Gasteiger partial charge in [0.05, 0.1) is 16.1 Å². The molecule has 33 heavy (non-hydrogen) atoms. The van der Waals surface area contributed by atoms with Crippen molar-refractivity contribution >= 4 is 23.4 Å². The van der Waals surface area contributed by atoms with Crippen LogP contribution in [-0.4, -0.2) is 23.6 Å². The average Bonchev–Trinajstić information content (AvgIpc) is 2.64. The van der Waals surface area contributed by atoms with Crippen LogP contribution >= 0.6 is 11.6 Å². The highest BCUT2D eigenvalue weighted by atomic mass is 35.5. The van der Waals surface area contributed by atoms with E-state index in [9.17, 15) is 48.7 Å². The fraction of sp³-hybridized carbons (Fsp3) is 0.211. The monoisotopic (exact) mass is 510 g/mol. The molecule has 3 nitrogen and oxygen atoms in total. The molecule has 14 heteroatoms. The molecule has 0 fully saturated rings. The highest BCUT2D eigenvalue weighted by Gasteiger charge is 2.41. The van der Waals surface area contributed by atoms with Crippen LogP contribution in [-0.2, 0) is 6.18 Å². The van der Waals surface area contributed by atoms with Crippen molar-refractivity contribution in [3.8, 4) is 5.75 Å². The van der Waals surface area contributed by atoms with Crippen LogP contribution < -0.4 is 4.74 Å². The van der Waals surface area contributed by atoms with Gasteiger partial charge in [0.2, 0.25) is 0 Å². The predicted octanol–water partition coefficient (Wildman–Crippen LogP) is 7.61. The zero-order chi connectivity index (χ0) is 25.4. The van der Waals surface area contributed by atoms with Crippen LogP contribution in [0.4, 0.5) is 43.9 Å². The summed E-state index contributed by atoms with van der Waals surface area (Å²) in [5.74, 6) is -7.98. The van der Waals surface area contributed by atoms with E-state index in [0.29, 0.717) is 24.3 Å². The first-order valence-corrected chi connectivity index (χ1v) is 8.72. The van der Waals surface area contributed by atoms with E-state index in [1.807, 2.05) is 0 Å². The van der Waals surface area contributed by atoms with Gasteiger partial charge in [-0.3, -0.25) is 0 Å². The zero-order valence-corrected chi connectivity index (χ0v) is 16.3. The van der Waals surface area contributed by atoms with E-state index < -0.39 is 69.5 Å². The Kier molecular flexibility index (Phi) is 7.27. The van der Waals surface area contributed by atoms with Crippen molar-refractivity contribution in [2.45, 2.75) is 24.6 Å². The first-order chi connectivity index (χ1) is 14.9. The Labute approximate surface area is 182 Å². The number of hydrogen-bond acceptors (Lipinski definition) is 2. The number of carboxylic acid groups (broad SMARTS) is 1. The number of carbonyl (C=O) groups is 1. The van der Waals surface area contributed by atoms with Crippen molar-refractivity contribution in [1.82, 2.24) is 0 Å². The molecule has 1 N–H and O–H groups in total. The topological polar surface area (TPSA) is 46.5 Å². The summed E-state index contributed by atoms with van der Waals surface area (Å²) in [5, 5.41) is 8.12. The maximum Gasteiger partial charge on any atom is 0.573 e. The van der Waals surface area contributed by atoms with E-state index in [1.54, 1.807) is 0 Å². The lowest BCUT2D eigenvalue weighted by atomic mass is 9.95. The molecule has 2 aromatic carbocycles. The average molecular weight is 511 g/mol. The smallest absolute Gasteiger partial charge is 0.478 e. The van der Waals surface area contributed by atoms with Gasteiger partial charge in [-0.2, -0.15) is 26.3 Å². The van der Waals surface area contributed by atoms with Crippen molar-refractivity contribution in [3.63, 3.8) is 0 Å². The number of hydrogen-bond donors (Lipinski definition) is 1. The van der Waals surface area contributed by atoms with Crippen molar-refractivity contribution in [2.75, 3.05) is 0 Å². The number of alkyl halides is 9. The van der Waals surface area contributed by atoms with Gasteiger partial charge in [-0.1, -0.05) is 23.7 Å². The lowest BCUT2D eigenvalue weighted by molar-refractivity contribution is -0.274. The molecule has 0 heterocycles. The van der Waals surface area contributed by atoms with Crippen molar-refractivity contribution in [3.05, 3.63) is 69.8 Å². The Balaban J connectivity index is 2.59. The lowest BCUT2D eigenvalue weighted by Gasteiger charge is -2.19. The number of carboxylic acids is 1. The van der Waals surface area contributed by atoms with Crippen molar-refractivity contribution < 1.29 is 58.5 Å². The quantitative estimate of drug-likeness (QED) is 0.421. The van der Waals surface area contributed by atoms with Crippen LogP contribution in [0.15, 0.2) is 42.5 Å². The molecule has 0 saturated heterocycles. The molecule has 0 bridgehead atoms. The van der Waals surface area contributed by atoms with Crippen LogP contribution in [0.1, 0.15) is 33.0 Å². The molecule has 1 unspecified atom stereocenters. The number of benzene rings is 2. The molecule has 0 radical (unpaired) electrons. The summed E-state index contributed by atoms with van der Waals surface area (Å²) < 4.78 is 135. The maximum absolute atomic E-state index is 14.6. The Morgan fingerprint density at radius 3 is 2.06 bits per heavy atom. The fourth-order valence-corrected chi connectivity index (χ4v) is 2.81. The summed E-state index contributed by atoms with van der Waals surface area (Å²) in [6.45, 7) is 0. The molecule has 0 aliphatic rings. The van der Waals surface area contributed by atoms with Crippen LogP contribution in [0.3, 0.4) is 0 Å². The van der Waals surface area contributed by atoms with Crippen LogP contribution in [0.25, 0.3) is 5.83 Å². The SMILES string of the molecule is O=C(O)c1ccc(C(F)=CC(c2ccc(Cl)c(OC(F)(F)F)c2)C(F)(F)F)cc1C(F)(F)F. The third kappa shape index (κ3) is 6.76. The van der Waals surface area contributed by atoms with Crippen LogP contribution in [0, 0.1) is 0 Å². The minimum atomic E-state index is -5.31. The van der Waals surface area contributed by atoms with Gasteiger partial charge in [-0.05, 0) is 35.9 Å². The van der Waals surface area contributed by atoms with Gasteiger partial charge in [0.15, 0.2) is 0 Å². The van der Waals surface area contributed by atoms with Gasteiger partial charge in [0.25, 0.3) is 0 Å². The molecule has 1 atom stereocenters. The number of aromatic carboxylic acids is 1. The van der Waals surface area contributed by atoms with E-state index >= 15 is 0 Å². The second-order valence-electron chi connectivity index (χ2n) is 6.33. The van der Waals surface area contributed by atoms with Gasteiger partial charge in [0.1, 0.15) is 17.5 Å². The van der Waals surface area contributed by atoms with Crippen LogP contribution in [0.2, 0.25) is 5.02 Å². The first-order valence-electron chi connectivity index (χ1n) is 8.34. The molecule has 0 saturated carbocycles. The molecule has 180 valence electrons. The first kappa shape index (κ1) is 26.3. The molecule has 0 aromatic heterocycles. The molecule has 0 spiro atoms. The predicted molar refractivity (Wildman–Crippen MR) is 94.4 cm³/mol. The number of rotatable bonds is 5. The highest BCUT2D eigenvalue weighted by Crippen LogP contribution is 2.42.